The largest absolute Gasteiger partial charge is 0.481 e. The molecule has 20 heavy (non-hydrogen) atoms. The first-order valence-corrected chi connectivity index (χ1v) is 6.86. The molecule has 1 fully saturated rings. The average Bonchev–Trinajstić information content (AvgIpc) is 3.19. The summed E-state index contributed by atoms with van der Waals surface area (Å²) in [6, 6.07) is -0.942. The van der Waals surface area contributed by atoms with Gasteiger partial charge in [0.25, 0.3) is 0 Å². The van der Waals surface area contributed by atoms with Gasteiger partial charge in [-0.1, -0.05) is 6.92 Å². The van der Waals surface area contributed by atoms with Gasteiger partial charge in [-0.15, -0.1) is 0 Å². The van der Waals surface area contributed by atoms with Crippen molar-refractivity contribution in [1.82, 2.24) is 16.0 Å². The van der Waals surface area contributed by atoms with Crippen molar-refractivity contribution >= 4 is 17.9 Å². The van der Waals surface area contributed by atoms with E-state index < -0.39 is 23.5 Å². The van der Waals surface area contributed by atoms with Crippen LogP contribution >= 0.6 is 0 Å². The molecule has 0 heterocycles. The highest BCUT2D eigenvalue weighted by molar-refractivity contribution is 5.87. The first kappa shape index (κ1) is 16.3. The topological polar surface area (TPSA) is 108 Å². The van der Waals surface area contributed by atoms with E-state index in [0.29, 0.717) is 6.42 Å². The predicted molar refractivity (Wildman–Crippen MR) is 73.2 cm³/mol. The summed E-state index contributed by atoms with van der Waals surface area (Å²) >= 11 is 0. The smallest absolute Gasteiger partial charge is 0.315 e. The summed E-state index contributed by atoms with van der Waals surface area (Å²) < 4.78 is 0. The van der Waals surface area contributed by atoms with E-state index >= 15 is 0 Å². The molecule has 7 nitrogen and oxygen atoms in total. The van der Waals surface area contributed by atoms with Crippen LogP contribution in [0.4, 0.5) is 4.79 Å². The fraction of sp³-hybridized carbons (Fsp3) is 0.769. The number of urea groups is 1. The third-order valence-corrected chi connectivity index (χ3v) is 3.60. The summed E-state index contributed by atoms with van der Waals surface area (Å²) in [5, 5.41) is 16.9. The Balaban J connectivity index is 2.35. The number of carbonyl (C=O) groups is 3. The van der Waals surface area contributed by atoms with Gasteiger partial charge in [-0.25, -0.2) is 4.79 Å². The highest BCUT2D eigenvalue weighted by Crippen LogP contribution is 2.20. The Morgan fingerprint density at radius 3 is 2.40 bits per heavy atom. The van der Waals surface area contributed by atoms with E-state index in [1.807, 2.05) is 0 Å². The van der Waals surface area contributed by atoms with Crippen molar-refractivity contribution in [3.05, 3.63) is 0 Å². The molecule has 0 aliphatic heterocycles. The van der Waals surface area contributed by atoms with Crippen molar-refractivity contribution in [2.75, 3.05) is 6.54 Å². The van der Waals surface area contributed by atoms with Crippen LogP contribution in [0.3, 0.4) is 0 Å². The lowest BCUT2D eigenvalue weighted by molar-refractivity contribution is -0.147. The van der Waals surface area contributed by atoms with Crippen LogP contribution in [0.5, 0.6) is 0 Å². The Labute approximate surface area is 118 Å². The number of aliphatic carboxylic acids is 1. The molecule has 1 saturated carbocycles. The average molecular weight is 285 g/mol. The Bertz CT molecular complexity index is 395. The highest BCUT2D eigenvalue weighted by atomic mass is 16.4. The van der Waals surface area contributed by atoms with E-state index in [2.05, 4.69) is 16.0 Å². The molecular weight excluding hydrogens is 262 g/mol. The Morgan fingerprint density at radius 2 is 1.95 bits per heavy atom. The van der Waals surface area contributed by atoms with Crippen LogP contribution in [0, 0.1) is 5.41 Å². The van der Waals surface area contributed by atoms with Crippen LogP contribution in [-0.4, -0.2) is 41.6 Å². The Morgan fingerprint density at radius 1 is 1.35 bits per heavy atom. The molecule has 7 heteroatoms. The number of hydrogen-bond acceptors (Lipinski definition) is 3. The first-order chi connectivity index (χ1) is 9.28. The Kier molecular flexibility index (Phi) is 5.35. The van der Waals surface area contributed by atoms with Crippen LogP contribution in [0.25, 0.3) is 0 Å². The van der Waals surface area contributed by atoms with E-state index in [1.54, 1.807) is 20.8 Å². The maximum atomic E-state index is 11.6. The number of nitrogens with one attached hydrogen (secondary N) is 3. The monoisotopic (exact) mass is 285 g/mol. The van der Waals surface area contributed by atoms with Crippen molar-refractivity contribution in [3.63, 3.8) is 0 Å². The minimum atomic E-state index is -1.00. The third-order valence-electron chi connectivity index (χ3n) is 3.60. The molecule has 0 radical (unpaired) electrons. The van der Waals surface area contributed by atoms with Gasteiger partial charge >= 0.3 is 12.0 Å². The van der Waals surface area contributed by atoms with Crippen molar-refractivity contribution in [2.24, 2.45) is 5.41 Å². The molecule has 0 bridgehead atoms. The van der Waals surface area contributed by atoms with Gasteiger partial charge in [0, 0.05) is 12.6 Å². The summed E-state index contributed by atoms with van der Waals surface area (Å²) in [7, 11) is 0. The second kappa shape index (κ2) is 6.58. The van der Waals surface area contributed by atoms with Crippen LogP contribution in [0.15, 0.2) is 0 Å². The number of hydrogen-bond donors (Lipinski definition) is 4. The fourth-order valence-electron chi connectivity index (χ4n) is 1.49. The molecule has 4 N–H and O–H groups in total. The minimum absolute atomic E-state index is 0.0155. The lowest BCUT2D eigenvalue weighted by Crippen LogP contribution is -2.51. The molecule has 3 amide bonds. The summed E-state index contributed by atoms with van der Waals surface area (Å²) in [4.78, 5) is 34.4. The second-order valence-corrected chi connectivity index (χ2v) is 5.55. The van der Waals surface area contributed by atoms with Crippen LogP contribution < -0.4 is 16.0 Å². The SMILES string of the molecule is CCC(C)(CNC(=O)NC(C)C(=O)NC1CC1)C(=O)O. The molecule has 1 aliphatic carbocycles. The number of carboxylic acid groups (broad SMARTS) is 1. The molecule has 1 rings (SSSR count). The predicted octanol–water partition coefficient (Wildman–Crippen LogP) is 0.454. The summed E-state index contributed by atoms with van der Waals surface area (Å²) in [5.41, 5.74) is -1.00. The van der Waals surface area contributed by atoms with E-state index in [1.165, 1.54) is 0 Å². The van der Waals surface area contributed by atoms with E-state index in [0.717, 1.165) is 12.8 Å². The number of carbonyl (C=O) groups excluding carboxylic acids is 2. The van der Waals surface area contributed by atoms with Crippen LogP contribution in [-0.2, 0) is 9.59 Å². The Hall–Kier alpha value is -1.79. The molecular formula is C13H23N3O4. The molecule has 0 aromatic rings. The van der Waals surface area contributed by atoms with Gasteiger partial charge in [-0.05, 0) is 33.1 Å². The minimum Gasteiger partial charge on any atom is -0.481 e. The van der Waals surface area contributed by atoms with Crippen LogP contribution in [0.2, 0.25) is 0 Å². The zero-order valence-electron chi connectivity index (χ0n) is 12.2. The van der Waals surface area contributed by atoms with Gasteiger partial charge in [-0.3, -0.25) is 9.59 Å². The van der Waals surface area contributed by atoms with Gasteiger partial charge in [0.2, 0.25) is 5.91 Å². The summed E-state index contributed by atoms with van der Waals surface area (Å²) in [6.07, 6.45) is 2.37. The molecule has 0 saturated heterocycles. The zero-order valence-corrected chi connectivity index (χ0v) is 12.2. The van der Waals surface area contributed by atoms with Crippen molar-refractivity contribution in [2.45, 2.75) is 52.1 Å². The van der Waals surface area contributed by atoms with Gasteiger partial charge in [0.15, 0.2) is 0 Å². The molecule has 0 aromatic carbocycles. The van der Waals surface area contributed by atoms with Crippen molar-refractivity contribution in [1.29, 1.82) is 0 Å². The van der Waals surface area contributed by atoms with Gasteiger partial charge < -0.3 is 21.1 Å². The molecule has 114 valence electrons. The molecule has 0 spiro atoms. The molecule has 1 aliphatic rings. The maximum Gasteiger partial charge on any atom is 0.315 e. The lowest BCUT2D eigenvalue weighted by Gasteiger charge is -2.24. The fourth-order valence-corrected chi connectivity index (χ4v) is 1.49. The third kappa shape index (κ3) is 4.71. The van der Waals surface area contributed by atoms with Crippen LogP contribution in [0.1, 0.15) is 40.0 Å². The normalized spacial score (nSPS) is 18.6. The number of carboxylic acids is 1. The lowest BCUT2D eigenvalue weighted by atomic mass is 9.88. The number of rotatable bonds is 7. The van der Waals surface area contributed by atoms with Gasteiger partial charge in [0.1, 0.15) is 6.04 Å². The second-order valence-electron chi connectivity index (χ2n) is 5.55. The van der Waals surface area contributed by atoms with Crippen molar-refractivity contribution in [3.8, 4) is 0 Å². The van der Waals surface area contributed by atoms with Crippen molar-refractivity contribution < 1.29 is 19.5 Å². The number of amides is 3. The summed E-state index contributed by atoms with van der Waals surface area (Å²) in [5.74, 6) is -1.18. The first-order valence-electron chi connectivity index (χ1n) is 6.86. The van der Waals surface area contributed by atoms with E-state index in [-0.39, 0.29) is 18.5 Å². The zero-order chi connectivity index (χ0) is 15.3. The van der Waals surface area contributed by atoms with E-state index in [9.17, 15) is 14.4 Å². The standard InChI is InChI=1S/C13H23N3O4/c1-4-13(3,11(18)19)7-14-12(20)15-8(2)10(17)16-9-5-6-9/h8-9H,4-7H2,1-3H3,(H,16,17)(H,18,19)(H2,14,15,20). The molecule has 2 atom stereocenters. The molecule has 2 unspecified atom stereocenters. The molecule has 0 aromatic heterocycles. The summed E-state index contributed by atoms with van der Waals surface area (Å²) in [6.45, 7) is 4.92. The quantitative estimate of drug-likeness (QED) is 0.545. The van der Waals surface area contributed by atoms with E-state index in [4.69, 9.17) is 5.11 Å². The van der Waals surface area contributed by atoms with Gasteiger partial charge in [-0.2, -0.15) is 0 Å². The van der Waals surface area contributed by atoms with Gasteiger partial charge in [0.05, 0.1) is 5.41 Å². The highest BCUT2D eigenvalue weighted by Gasteiger charge is 2.32. The maximum absolute atomic E-state index is 11.6.